The second-order valence-corrected chi connectivity index (χ2v) is 5.15. The van der Waals surface area contributed by atoms with E-state index in [9.17, 15) is 13.6 Å². The standard InChI is InChI=1S/C12H16F2N2O2S/c1-6(10(5-17)19-2)16-12(18)8-3-7(13)4-9(15)11(8)14/h3-4,6,10,17H,5,15H2,1-2H3,(H,16,18). The number of nitrogens with one attached hydrogen (secondary N) is 1. The van der Waals surface area contributed by atoms with Crippen molar-refractivity contribution in [3.05, 3.63) is 29.3 Å². The second-order valence-electron chi connectivity index (χ2n) is 4.08. The number of halogens is 2. The zero-order chi connectivity index (χ0) is 14.6. The quantitative estimate of drug-likeness (QED) is 0.716. The summed E-state index contributed by atoms with van der Waals surface area (Å²) in [6.45, 7) is 1.55. The van der Waals surface area contributed by atoms with Crippen LogP contribution in [0.2, 0.25) is 0 Å². The Kier molecular flexibility index (Phi) is 5.56. The minimum absolute atomic E-state index is 0.129. The monoisotopic (exact) mass is 290 g/mol. The summed E-state index contributed by atoms with van der Waals surface area (Å²) in [6.07, 6.45) is 1.78. The summed E-state index contributed by atoms with van der Waals surface area (Å²) < 4.78 is 26.8. The van der Waals surface area contributed by atoms with Gasteiger partial charge in [0.1, 0.15) is 5.82 Å². The van der Waals surface area contributed by atoms with E-state index in [4.69, 9.17) is 10.8 Å². The van der Waals surface area contributed by atoms with Crippen LogP contribution >= 0.6 is 11.8 Å². The third kappa shape index (κ3) is 3.81. The van der Waals surface area contributed by atoms with Crippen LogP contribution in [0.3, 0.4) is 0 Å². The first kappa shape index (κ1) is 15.7. The lowest BCUT2D eigenvalue weighted by Crippen LogP contribution is -2.41. The summed E-state index contributed by atoms with van der Waals surface area (Å²) in [6, 6.07) is 1.21. The molecule has 4 nitrogen and oxygen atoms in total. The van der Waals surface area contributed by atoms with Crippen LogP contribution in [0.15, 0.2) is 12.1 Å². The van der Waals surface area contributed by atoms with Crippen molar-refractivity contribution in [3.63, 3.8) is 0 Å². The minimum atomic E-state index is -0.948. The van der Waals surface area contributed by atoms with Crippen molar-refractivity contribution in [3.8, 4) is 0 Å². The van der Waals surface area contributed by atoms with E-state index in [0.717, 1.165) is 12.1 Å². The molecular weight excluding hydrogens is 274 g/mol. The minimum Gasteiger partial charge on any atom is -0.396 e. The molecule has 0 saturated heterocycles. The predicted octanol–water partition coefficient (Wildman–Crippen LogP) is 1.39. The molecule has 19 heavy (non-hydrogen) atoms. The van der Waals surface area contributed by atoms with Gasteiger partial charge in [-0.05, 0) is 25.3 Å². The molecule has 0 radical (unpaired) electrons. The molecule has 1 amide bonds. The van der Waals surface area contributed by atoms with E-state index in [1.165, 1.54) is 11.8 Å². The lowest BCUT2D eigenvalue weighted by molar-refractivity contribution is 0.0931. The molecular formula is C12H16F2N2O2S. The fourth-order valence-electron chi connectivity index (χ4n) is 1.59. The Morgan fingerprint density at radius 2 is 2.16 bits per heavy atom. The van der Waals surface area contributed by atoms with Crippen molar-refractivity contribution in [2.45, 2.75) is 18.2 Å². The summed E-state index contributed by atoms with van der Waals surface area (Å²) in [5.74, 6) is -2.49. The molecule has 0 fully saturated rings. The topological polar surface area (TPSA) is 75.3 Å². The number of amides is 1. The number of carbonyl (C=O) groups excluding carboxylic acids is 1. The Balaban J connectivity index is 2.90. The third-order valence-corrected chi connectivity index (χ3v) is 3.87. The summed E-state index contributed by atoms with van der Waals surface area (Å²) in [4.78, 5) is 11.9. The SMILES string of the molecule is CSC(CO)C(C)NC(=O)c1cc(F)cc(N)c1F. The molecule has 1 aromatic rings. The molecule has 1 rings (SSSR count). The number of aliphatic hydroxyl groups is 1. The molecule has 0 spiro atoms. The Bertz CT molecular complexity index is 467. The largest absolute Gasteiger partial charge is 0.396 e. The van der Waals surface area contributed by atoms with Gasteiger partial charge in [-0.15, -0.1) is 0 Å². The van der Waals surface area contributed by atoms with Crippen LogP contribution in [0.25, 0.3) is 0 Å². The molecule has 0 aromatic heterocycles. The molecule has 0 heterocycles. The number of aliphatic hydroxyl groups excluding tert-OH is 1. The number of nitrogen functional groups attached to an aromatic ring is 1. The lowest BCUT2D eigenvalue weighted by Gasteiger charge is -2.21. The first-order valence-electron chi connectivity index (χ1n) is 5.59. The van der Waals surface area contributed by atoms with Crippen LogP contribution in [-0.2, 0) is 0 Å². The Morgan fingerprint density at radius 1 is 1.53 bits per heavy atom. The summed E-state index contributed by atoms with van der Waals surface area (Å²) in [7, 11) is 0. The van der Waals surface area contributed by atoms with E-state index in [1.807, 2.05) is 0 Å². The first-order valence-corrected chi connectivity index (χ1v) is 6.88. The average molecular weight is 290 g/mol. The molecule has 4 N–H and O–H groups in total. The number of benzene rings is 1. The van der Waals surface area contributed by atoms with Gasteiger partial charge < -0.3 is 16.2 Å². The normalized spacial score (nSPS) is 13.9. The van der Waals surface area contributed by atoms with E-state index in [1.54, 1.807) is 13.2 Å². The molecule has 0 aliphatic carbocycles. The lowest BCUT2D eigenvalue weighted by atomic mass is 10.1. The van der Waals surface area contributed by atoms with Crippen molar-refractivity contribution in [1.82, 2.24) is 5.32 Å². The number of hydrogen-bond donors (Lipinski definition) is 3. The predicted molar refractivity (Wildman–Crippen MR) is 72.1 cm³/mol. The average Bonchev–Trinajstić information content (AvgIpc) is 2.35. The van der Waals surface area contributed by atoms with Gasteiger partial charge >= 0.3 is 0 Å². The highest BCUT2D eigenvalue weighted by molar-refractivity contribution is 7.99. The van der Waals surface area contributed by atoms with Crippen LogP contribution in [0, 0.1) is 11.6 Å². The second kappa shape index (κ2) is 6.72. The van der Waals surface area contributed by atoms with E-state index in [0.29, 0.717) is 0 Å². The fraction of sp³-hybridized carbons (Fsp3) is 0.417. The van der Waals surface area contributed by atoms with Crippen LogP contribution in [0.4, 0.5) is 14.5 Å². The molecule has 106 valence electrons. The van der Waals surface area contributed by atoms with E-state index in [-0.39, 0.29) is 11.9 Å². The van der Waals surface area contributed by atoms with Gasteiger partial charge in [0.15, 0.2) is 5.82 Å². The van der Waals surface area contributed by atoms with Crippen LogP contribution in [-0.4, -0.2) is 35.2 Å². The molecule has 7 heteroatoms. The Hall–Kier alpha value is -1.34. The van der Waals surface area contributed by atoms with Gasteiger partial charge in [-0.25, -0.2) is 8.78 Å². The van der Waals surface area contributed by atoms with E-state index in [2.05, 4.69) is 5.32 Å². The van der Waals surface area contributed by atoms with Crippen LogP contribution in [0.5, 0.6) is 0 Å². The maximum Gasteiger partial charge on any atom is 0.254 e. The summed E-state index contributed by atoms with van der Waals surface area (Å²) in [5.41, 5.74) is 4.41. The fourth-order valence-corrected chi connectivity index (χ4v) is 2.22. The maximum atomic E-state index is 13.6. The smallest absolute Gasteiger partial charge is 0.254 e. The van der Waals surface area contributed by atoms with Crippen LogP contribution < -0.4 is 11.1 Å². The maximum absolute atomic E-state index is 13.6. The van der Waals surface area contributed by atoms with Crippen LogP contribution in [0.1, 0.15) is 17.3 Å². The number of thioether (sulfide) groups is 1. The van der Waals surface area contributed by atoms with Crippen molar-refractivity contribution < 1.29 is 18.7 Å². The molecule has 0 aliphatic rings. The van der Waals surface area contributed by atoms with Gasteiger partial charge in [-0.3, -0.25) is 4.79 Å². The number of carbonyl (C=O) groups is 1. The van der Waals surface area contributed by atoms with Crippen molar-refractivity contribution in [1.29, 1.82) is 0 Å². The summed E-state index contributed by atoms with van der Waals surface area (Å²) in [5, 5.41) is 11.4. The zero-order valence-electron chi connectivity index (χ0n) is 10.6. The number of rotatable bonds is 5. The van der Waals surface area contributed by atoms with Crippen molar-refractivity contribution in [2.24, 2.45) is 0 Å². The van der Waals surface area contributed by atoms with Gasteiger partial charge in [-0.2, -0.15) is 11.8 Å². The Labute approximate surface area is 114 Å². The first-order chi connectivity index (χ1) is 8.90. The van der Waals surface area contributed by atoms with Gasteiger partial charge in [0.05, 0.1) is 17.9 Å². The highest BCUT2D eigenvalue weighted by atomic mass is 32.2. The molecule has 0 bridgehead atoms. The van der Waals surface area contributed by atoms with Crippen molar-refractivity contribution >= 4 is 23.4 Å². The van der Waals surface area contributed by atoms with E-state index >= 15 is 0 Å². The molecule has 1 aromatic carbocycles. The van der Waals surface area contributed by atoms with Gasteiger partial charge in [0, 0.05) is 11.3 Å². The molecule has 2 unspecified atom stereocenters. The highest BCUT2D eigenvalue weighted by Crippen LogP contribution is 2.18. The highest BCUT2D eigenvalue weighted by Gasteiger charge is 2.21. The van der Waals surface area contributed by atoms with Crippen molar-refractivity contribution in [2.75, 3.05) is 18.6 Å². The van der Waals surface area contributed by atoms with Gasteiger partial charge in [0.2, 0.25) is 0 Å². The van der Waals surface area contributed by atoms with Gasteiger partial charge in [-0.1, -0.05) is 0 Å². The molecule has 0 saturated carbocycles. The molecule has 0 aliphatic heterocycles. The van der Waals surface area contributed by atoms with Gasteiger partial charge in [0.25, 0.3) is 5.91 Å². The number of hydrogen-bond acceptors (Lipinski definition) is 4. The number of anilines is 1. The molecule has 2 atom stereocenters. The zero-order valence-corrected chi connectivity index (χ0v) is 11.4. The Morgan fingerprint density at radius 3 is 2.68 bits per heavy atom. The summed E-state index contributed by atoms with van der Waals surface area (Å²) >= 11 is 1.37. The third-order valence-electron chi connectivity index (χ3n) is 2.71. The number of nitrogens with two attached hydrogens (primary N) is 1. The van der Waals surface area contributed by atoms with E-state index < -0.39 is 34.8 Å².